The second kappa shape index (κ2) is 6.78. The quantitative estimate of drug-likeness (QED) is 0.270. The maximum absolute atomic E-state index is 12.7. The van der Waals surface area contributed by atoms with E-state index in [9.17, 15) is 4.79 Å². The molecule has 0 saturated heterocycles. The predicted octanol–water partition coefficient (Wildman–Crippen LogP) is 2.33. The Balaban J connectivity index is 2.84. The normalized spacial score (nSPS) is 21.5. The van der Waals surface area contributed by atoms with E-state index in [2.05, 4.69) is 5.16 Å². The molecule has 0 aromatic rings. The van der Waals surface area contributed by atoms with Crippen molar-refractivity contribution >= 4 is 11.7 Å². The molecule has 1 aliphatic carbocycles. The number of nitrogens with zero attached hydrogens (tertiary/aromatic N) is 2. The Morgan fingerprint density at radius 1 is 1.37 bits per heavy atom. The first-order valence-electron chi connectivity index (χ1n) is 7.22. The van der Waals surface area contributed by atoms with Gasteiger partial charge in [-0.1, -0.05) is 37.8 Å². The lowest BCUT2D eigenvalue weighted by atomic mass is 9.84. The zero-order valence-corrected chi connectivity index (χ0v) is 12.4. The van der Waals surface area contributed by atoms with E-state index >= 15 is 0 Å². The fourth-order valence-corrected chi connectivity index (χ4v) is 2.75. The number of amidine groups is 1. The van der Waals surface area contributed by atoms with Gasteiger partial charge in [0, 0.05) is 13.1 Å². The standard InChI is InChI=1S/C14H27N3O2/c1-4-14(2,12(15)16-19)13(18)17(3)11-9-7-5-6-8-10-11/h11,19H,4-10H2,1-3H3,(H2,15,16). The van der Waals surface area contributed by atoms with Crippen molar-refractivity contribution in [1.29, 1.82) is 0 Å². The van der Waals surface area contributed by atoms with E-state index in [0.29, 0.717) is 6.42 Å². The minimum Gasteiger partial charge on any atom is -0.409 e. The van der Waals surface area contributed by atoms with Crippen LogP contribution in [0.15, 0.2) is 5.16 Å². The highest BCUT2D eigenvalue weighted by atomic mass is 16.4. The summed E-state index contributed by atoms with van der Waals surface area (Å²) < 4.78 is 0. The number of carbonyl (C=O) groups excluding carboxylic acids is 1. The lowest BCUT2D eigenvalue weighted by Gasteiger charge is -2.35. The van der Waals surface area contributed by atoms with Crippen LogP contribution < -0.4 is 5.73 Å². The smallest absolute Gasteiger partial charge is 0.236 e. The Morgan fingerprint density at radius 2 is 1.89 bits per heavy atom. The number of carbonyl (C=O) groups is 1. The van der Waals surface area contributed by atoms with E-state index in [-0.39, 0.29) is 17.8 Å². The first-order valence-corrected chi connectivity index (χ1v) is 7.22. The van der Waals surface area contributed by atoms with Gasteiger partial charge in [-0.2, -0.15) is 0 Å². The van der Waals surface area contributed by atoms with Gasteiger partial charge in [-0.25, -0.2) is 0 Å². The third-order valence-corrected chi connectivity index (χ3v) is 4.54. The van der Waals surface area contributed by atoms with Crippen LogP contribution in [0.1, 0.15) is 58.8 Å². The molecule has 1 unspecified atom stereocenters. The van der Waals surface area contributed by atoms with Crippen LogP contribution in [0.4, 0.5) is 0 Å². The number of nitrogens with two attached hydrogens (primary N) is 1. The molecule has 0 radical (unpaired) electrons. The number of amides is 1. The summed E-state index contributed by atoms with van der Waals surface area (Å²) in [5.74, 6) is -0.0438. The van der Waals surface area contributed by atoms with E-state index in [1.165, 1.54) is 25.7 Å². The van der Waals surface area contributed by atoms with Crippen molar-refractivity contribution in [1.82, 2.24) is 4.90 Å². The van der Waals surface area contributed by atoms with Crippen LogP contribution in [0, 0.1) is 5.41 Å². The van der Waals surface area contributed by atoms with Crippen LogP contribution >= 0.6 is 0 Å². The molecule has 1 atom stereocenters. The molecule has 1 rings (SSSR count). The summed E-state index contributed by atoms with van der Waals surface area (Å²) in [6, 6.07) is 0.285. The summed E-state index contributed by atoms with van der Waals surface area (Å²) in [5, 5.41) is 11.9. The summed E-state index contributed by atoms with van der Waals surface area (Å²) in [6.45, 7) is 3.63. The third kappa shape index (κ3) is 3.39. The number of rotatable bonds is 4. The molecule has 1 aliphatic rings. The molecule has 3 N–H and O–H groups in total. The van der Waals surface area contributed by atoms with Crippen LogP contribution in [0.5, 0.6) is 0 Å². The highest BCUT2D eigenvalue weighted by Gasteiger charge is 2.40. The summed E-state index contributed by atoms with van der Waals surface area (Å²) >= 11 is 0. The van der Waals surface area contributed by atoms with Crippen LogP contribution in [0.3, 0.4) is 0 Å². The lowest BCUT2D eigenvalue weighted by molar-refractivity contribution is -0.139. The molecular weight excluding hydrogens is 242 g/mol. The van der Waals surface area contributed by atoms with Gasteiger partial charge in [0.15, 0.2) is 5.84 Å². The van der Waals surface area contributed by atoms with Crippen LogP contribution in [0.25, 0.3) is 0 Å². The molecule has 5 heteroatoms. The van der Waals surface area contributed by atoms with Crippen LogP contribution in [-0.4, -0.2) is 34.9 Å². The van der Waals surface area contributed by atoms with E-state index in [1.54, 1.807) is 6.92 Å². The number of hydrogen-bond donors (Lipinski definition) is 2. The van der Waals surface area contributed by atoms with Crippen LogP contribution in [0.2, 0.25) is 0 Å². The summed E-state index contributed by atoms with van der Waals surface area (Å²) in [7, 11) is 1.84. The Morgan fingerprint density at radius 3 is 2.32 bits per heavy atom. The first-order chi connectivity index (χ1) is 8.97. The van der Waals surface area contributed by atoms with Gasteiger partial charge in [-0.15, -0.1) is 0 Å². The first kappa shape index (κ1) is 15.8. The zero-order valence-electron chi connectivity index (χ0n) is 12.4. The molecular formula is C14H27N3O2. The van der Waals surface area contributed by atoms with E-state index in [4.69, 9.17) is 10.9 Å². The topological polar surface area (TPSA) is 78.9 Å². The molecule has 0 aromatic carbocycles. The average molecular weight is 269 g/mol. The average Bonchev–Trinajstić information content (AvgIpc) is 2.72. The Bertz CT molecular complexity index is 336. The van der Waals surface area contributed by atoms with E-state index in [0.717, 1.165) is 12.8 Å². The number of hydrogen-bond acceptors (Lipinski definition) is 3. The molecule has 0 bridgehead atoms. The largest absolute Gasteiger partial charge is 0.409 e. The summed E-state index contributed by atoms with van der Waals surface area (Å²) in [5.41, 5.74) is 4.81. The second-order valence-corrected chi connectivity index (χ2v) is 5.73. The minimum absolute atomic E-state index is 0.000437. The molecule has 0 spiro atoms. The van der Waals surface area contributed by atoms with Crippen molar-refractivity contribution in [3.63, 3.8) is 0 Å². The third-order valence-electron chi connectivity index (χ3n) is 4.54. The molecule has 110 valence electrons. The summed E-state index contributed by atoms with van der Waals surface area (Å²) in [4.78, 5) is 14.5. The minimum atomic E-state index is -0.907. The van der Waals surface area contributed by atoms with Crippen molar-refractivity contribution in [2.45, 2.75) is 64.8 Å². The Kier molecular flexibility index (Phi) is 5.63. The fourth-order valence-electron chi connectivity index (χ4n) is 2.75. The highest BCUT2D eigenvalue weighted by molar-refractivity contribution is 6.06. The maximum Gasteiger partial charge on any atom is 0.236 e. The van der Waals surface area contributed by atoms with Gasteiger partial charge in [0.25, 0.3) is 0 Å². The number of oxime groups is 1. The Hall–Kier alpha value is -1.26. The molecule has 0 aliphatic heterocycles. The van der Waals surface area contributed by atoms with Crippen molar-refractivity contribution in [3.05, 3.63) is 0 Å². The SMILES string of the molecule is CCC(C)(C(=O)N(C)C1CCCCCC1)C(N)=NO. The van der Waals surface area contributed by atoms with Gasteiger partial charge in [0.2, 0.25) is 5.91 Å². The molecule has 1 saturated carbocycles. The van der Waals surface area contributed by atoms with E-state index in [1.807, 2.05) is 18.9 Å². The highest BCUT2D eigenvalue weighted by Crippen LogP contribution is 2.28. The van der Waals surface area contributed by atoms with Crippen LogP contribution in [-0.2, 0) is 4.79 Å². The summed E-state index contributed by atoms with van der Waals surface area (Å²) in [6.07, 6.45) is 7.49. The van der Waals surface area contributed by atoms with Gasteiger partial charge >= 0.3 is 0 Å². The van der Waals surface area contributed by atoms with Crippen molar-refractivity contribution in [3.8, 4) is 0 Å². The van der Waals surface area contributed by atoms with Crippen molar-refractivity contribution in [2.24, 2.45) is 16.3 Å². The Labute approximate surface area is 115 Å². The maximum atomic E-state index is 12.7. The van der Waals surface area contributed by atoms with Gasteiger partial charge in [-0.3, -0.25) is 4.79 Å². The van der Waals surface area contributed by atoms with Gasteiger partial charge in [0.05, 0.1) is 0 Å². The lowest BCUT2D eigenvalue weighted by Crippen LogP contribution is -2.51. The van der Waals surface area contributed by atoms with Crippen molar-refractivity contribution < 1.29 is 10.0 Å². The molecule has 5 nitrogen and oxygen atoms in total. The predicted molar refractivity (Wildman–Crippen MR) is 76.1 cm³/mol. The monoisotopic (exact) mass is 269 g/mol. The molecule has 1 fully saturated rings. The molecule has 0 heterocycles. The van der Waals surface area contributed by atoms with Gasteiger partial charge < -0.3 is 15.8 Å². The fraction of sp³-hybridized carbons (Fsp3) is 0.857. The van der Waals surface area contributed by atoms with E-state index < -0.39 is 5.41 Å². The van der Waals surface area contributed by atoms with Gasteiger partial charge in [0.1, 0.15) is 5.41 Å². The second-order valence-electron chi connectivity index (χ2n) is 5.73. The molecule has 0 aromatic heterocycles. The zero-order chi connectivity index (χ0) is 14.5. The molecule has 1 amide bonds. The molecule has 19 heavy (non-hydrogen) atoms. The van der Waals surface area contributed by atoms with Gasteiger partial charge in [-0.05, 0) is 26.2 Å². The van der Waals surface area contributed by atoms with Crippen molar-refractivity contribution in [2.75, 3.05) is 7.05 Å².